The Balaban J connectivity index is 2.08. The Kier molecular flexibility index (Phi) is 4.51. The van der Waals surface area contributed by atoms with Crippen molar-refractivity contribution in [3.8, 4) is 5.75 Å². The monoisotopic (exact) mass is 262 g/mol. The predicted octanol–water partition coefficient (Wildman–Crippen LogP) is 4.12. The van der Waals surface area contributed by atoms with Crippen molar-refractivity contribution in [2.75, 3.05) is 6.61 Å². The number of hydrogen-bond acceptors (Lipinski definition) is 2. The third kappa shape index (κ3) is 3.30. The summed E-state index contributed by atoms with van der Waals surface area (Å²) in [5.74, 6) is 2.19. The maximum Gasteiger partial charge on any atom is 0.119 e. The fourth-order valence-corrected chi connectivity index (χ4v) is 2.93. The Morgan fingerprint density at radius 1 is 1.21 bits per heavy atom. The summed E-state index contributed by atoms with van der Waals surface area (Å²) in [6.07, 6.45) is 3.85. The van der Waals surface area contributed by atoms with Crippen molar-refractivity contribution in [3.63, 3.8) is 0 Å². The lowest BCUT2D eigenvalue weighted by atomic mass is 9.70. The highest BCUT2D eigenvalue weighted by Gasteiger charge is 2.37. The standard InChI is InChI=1S/C17H26O2/c1-4-11-19-16-7-5-15(6-8-16)17(18)10-9-13(2)14(3)12-17/h5-8,13-14,18H,4,9-12H2,1-3H3. The van der Waals surface area contributed by atoms with Gasteiger partial charge in [-0.05, 0) is 55.2 Å². The second-order valence-corrected chi connectivity index (χ2v) is 6.10. The van der Waals surface area contributed by atoms with Gasteiger partial charge in [-0.3, -0.25) is 0 Å². The van der Waals surface area contributed by atoms with Crippen molar-refractivity contribution >= 4 is 0 Å². The van der Waals surface area contributed by atoms with Crippen LogP contribution in [-0.4, -0.2) is 11.7 Å². The van der Waals surface area contributed by atoms with E-state index in [1.165, 1.54) is 0 Å². The van der Waals surface area contributed by atoms with E-state index in [-0.39, 0.29) is 0 Å². The van der Waals surface area contributed by atoms with Gasteiger partial charge in [-0.25, -0.2) is 0 Å². The molecule has 0 aliphatic heterocycles. The highest BCUT2D eigenvalue weighted by Crippen LogP contribution is 2.42. The molecule has 0 saturated heterocycles. The van der Waals surface area contributed by atoms with Gasteiger partial charge in [0.1, 0.15) is 5.75 Å². The molecule has 0 heterocycles. The molecule has 0 aromatic heterocycles. The fraction of sp³-hybridized carbons (Fsp3) is 0.647. The van der Waals surface area contributed by atoms with Gasteiger partial charge in [0.2, 0.25) is 0 Å². The van der Waals surface area contributed by atoms with Gasteiger partial charge in [-0.1, -0.05) is 32.9 Å². The smallest absolute Gasteiger partial charge is 0.119 e. The molecular formula is C17H26O2. The Labute approximate surface area is 116 Å². The largest absolute Gasteiger partial charge is 0.494 e. The lowest BCUT2D eigenvalue weighted by Crippen LogP contribution is -2.35. The first-order valence-corrected chi connectivity index (χ1v) is 7.51. The Morgan fingerprint density at radius 3 is 2.47 bits per heavy atom. The Hall–Kier alpha value is -1.02. The molecule has 0 amide bonds. The van der Waals surface area contributed by atoms with Gasteiger partial charge in [0.05, 0.1) is 12.2 Å². The molecule has 1 fully saturated rings. The van der Waals surface area contributed by atoms with Gasteiger partial charge in [-0.2, -0.15) is 0 Å². The molecule has 3 atom stereocenters. The number of rotatable bonds is 4. The minimum atomic E-state index is -0.644. The van der Waals surface area contributed by atoms with E-state index in [9.17, 15) is 5.11 Å². The van der Waals surface area contributed by atoms with E-state index in [1.54, 1.807) is 0 Å². The zero-order chi connectivity index (χ0) is 13.9. The van der Waals surface area contributed by atoms with Crippen LogP contribution < -0.4 is 4.74 Å². The van der Waals surface area contributed by atoms with Gasteiger partial charge < -0.3 is 9.84 Å². The third-order valence-corrected chi connectivity index (χ3v) is 4.51. The first-order valence-electron chi connectivity index (χ1n) is 7.51. The molecule has 0 radical (unpaired) electrons. The summed E-state index contributed by atoms with van der Waals surface area (Å²) in [6, 6.07) is 8.00. The third-order valence-electron chi connectivity index (χ3n) is 4.51. The first-order chi connectivity index (χ1) is 9.05. The summed E-state index contributed by atoms with van der Waals surface area (Å²) in [7, 11) is 0. The van der Waals surface area contributed by atoms with Crippen LogP contribution in [0.25, 0.3) is 0 Å². The lowest BCUT2D eigenvalue weighted by molar-refractivity contribution is -0.0336. The van der Waals surface area contributed by atoms with Gasteiger partial charge in [0, 0.05) is 0 Å². The van der Waals surface area contributed by atoms with Crippen molar-refractivity contribution < 1.29 is 9.84 Å². The summed E-state index contributed by atoms with van der Waals surface area (Å²) in [5.41, 5.74) is 0.393. The maximum absolute atomic E-state index is 10.9. The van der Waals surface area contributed by atoms with E-state index in [0.29, 0.717) is 11.8 Å². The van der Waals surface area contributed by atoms with Crippen LogP contribution in [0.1, 0.15) is 52.0 Å². The number of ether oxygens (including phenoxy) is 1. The minimum absolute atomic E-state index is 0.578. The molecule has 2 rings (SSSR count). The molecular weight excluding hydrogens is 236 g/mol. The summed E-state index contributed by atoms with van der Waals surface area (Å²) in [4.78, 5) is 0. The Morgan fingerprint density at radius 2 is 1.89 bits per heavy atom. The van der Waals surface area contributed by atoms with E-state index >= 15 is 0 Å². The van der Waals surface area contributed by atoms with E-state index in [0.717, 1.165) is 43.6 Å². The van der Waals surface area contributed by atoms with Crippen LogP contribution in [0.2, 0.25) is 0 Å². The average Bonchev–Trinajstić information content (AvgIpc) is 2.42. The molecule has 1 saturated carbocycles. The van der Waals surface area contributed by atoms with Gasteiger partial charge in [0.25, 0.3) is 0 Å². The molecule has 0 bridgehead atoms. The molecule has 19 heavy (non-hydrogen) atoms. The topological polar surface area (TPSA) is 29.5 Å². The van der Waals surface area contributed by atoms with Gasteiger partial charge >= 0.3 is 0 Å². The molecule has 1 aliphatic carbocycles. The van der Waals surface area contributed by atoms with Crippen LogP contribution in [-0.2, 0) is 5.60 Å². The molecule has 1 aromatic rings. The van der Waals surface area contributed by atoms with E-state index < -0.39 is 5.60 Å². The van der Waals surface area contributed by atoms with Crippen molar-refractivity contribution in [1.82, 2.24) is 0 Å². The molecule has 3 unspecified atom stereocenters. The van der Waals surface area contributed by atoms with Crippen molar-refractivity contribution in [2.24, 2.45) is 11.8 Å². The molecule has 1 aromatic carbocycles. The highest BCUT2D eigenvalue weighted by atomic mass is 16.5. The van der Waals surface area contributed by atoms with Crippen LogP contribution in [0.3, 0.4) is 0 Å². The van der Waals surface area contributed by atoms with Gasteiger partial charge in [-0.15, -0.1) is 0 Å². The molecule has 106 valence electrons. The zero-order valence-corrected chi connectivity index (χ0v) is 12.4. The van der Waals surface area contributed by atoms with Gasteiger partial charge in [0.15, 0.2) is 0 Å². The number of benzene rings is 1. The van der Waals surface area contributed by atoms with Crippen LogP contribution in [0.15, 0.2) is 24.3 Å². The minimum Gasteiger partial charge on any atom is -0.494 e. The maximum atomic E-state index is 10.9. The van der Waals surface area contributed by atoms with Crippen LogP contribution in [0.4, 0.5) is 0 Å². The average molecular weight is 262 g/mol. The molecule has 2 nitrogen and oxygen atoms in total. The van der Waals surface area contributed by atoms with Crippen LogP contribution in [0, 0.1) is 11.8 Å². The van der Waals surface area contributed by atoms with Crippen LogP contribution in [0.5, 0.6) is 5.75 Å². The van der Waals surface area contributed by atoms with E-state index in [1.807, 2.05) is 24.3 Å². The summed E-state index contributed by atoms with van der Waals surface area (Å²) >= 11 is 0. The fourth-order valence-electron chi connectivity index (χ4n) is 2.93. The van der Waals surface area contributed by atoms with Crippen molar-refractivity contribution in [3.05, 3.63) is 29.8 Å². The molecule has 1 N–H and O–H groups in total. The zero-order valence-electron chi connectivity index (χ0n) is 12.4. The SMILES string of the molecule is CCCOc1ccc(C2(O)CCC(C)C(C)C2)cc1. The molecule has 0 spiro atoms. The summed E-state index contributed by atoms with van der Waals surface area (Å²) in [5, 5.41) is 10.9. The van der Waals surface area contributed by atoms with E-state index in [4.69, 9.17) is 4.74 Å². The Bertz CT molecular complexity index is 398. The summed E-state index contributed by atoms with van der Waals surface area (Å²) in [6.45, 7) is 7.37. The second-order valence-electron chi connectivity index (χ2n) is 6.10. The van der Waals surface area contributed by atoms with E-state index in [2.05, 4.69) is 20.8 Å². The number of aliphatic hydroxyl groups is 1. The van der Waals surface area contributed by atoms with Crippen molar-refractivity contribution in [1.29, 1.82) is 0 Å². The normalized spacial score (nSPS) is 31.2. The molecule has 2 heteroatoms. The van der Waals surface area contributed by atoms with Crippen LogP contribution >= 0.6 is 0 Å². The summed E-state index contributed by atoms with van der Waals surface area (Å²) < 4.78 is 5.59. The predicted molar refractivity (Wildman–Crippen MR) is 78.3 cm³/mol. The molecule has 1 aliphatic rings. The number of hydrogen-bond donors (Lipinski definition) is 1. The quantitative estimate of drug-likeness (QED) is 0.884. The van der Waals surface area contributed by atoms with Crippen molar-refractivity contribution in [2.45, 2.75) is 52.1 Å². The second kappa shape index (κ2) is 5.96. The lowest BCUT2D eigenvalue weighted by Gasteiger charge is -2.39. The first kappa shape index (κ1) is 14.4. The highest BCUT2D eigenvalue weighted by molar-refractivity contribution is 5.31.